The van der Waals surface area contributed by atoms with Crippen LogP contribution in [0.3, 0.4) is 0 Å². The smallest absolute Gasteiger partial charge is 0.328 e. The Kier molecular flexibility index (Phi) is 12.5. The Bertz CT molecular complexity index is 546. The van der Waals surface area contributed by atoms with Gasteiger partial charge in [-0.15, -0.1) is 0 Å². The molecule has 0 aliphatic heterocycles. The normalized spacial score (nSPS) is 16.2. The molecule has 162 valence electrons. The van der Waals surface area contributed by atoms with Gasteiger partial charge in [0.15, 0.2) is 6.04 Å². The zero-order valence-electron chi connectivity index (χ0n) is 16.7. The fourth-order valence-electron chi connectivity index (χ4n) is 2.23. The molecule has 0 aromatic heterocycles. The second-order valence-corrected chi connectivity index (χ2v) is 7.59. The highest BCUT2D eigenvalue weighted by Gasteiger charge is 2.29. The minimum absolute atomic E-state index is 0.205. The predicted molar refractivity (Wildman–Crippen MR) is 107 cm³/mol. The lowest BCUT2D eigenvalue weighted by Gasteiger charge is -2.25. The molecule has 10 nitrogen and oxygen atoms in total. The van der Waals surface area contributed by atoms with Crippen LogP contribution in [0.5, 0.6) is 0 Å². The Morgan fingerprint density at radius 1 is 1.07 bits per heavy atom. The maximum absolute atomic E-state index is 12.5. The molecule has 0 aliphatic rings. The van der Waals surface area contributed by atoms with E-state index >= 15 is 0 Å². The Labute approximate surface area is 169 Å². The summed E-state index contributed by atoms with van der Waals surface area (Å²) in [6, 6.07) is -3.10. The molecule has 0 saturated carbocycles. The van der Waals surface area contributed by atoms with Gasteiger partial charge in [-0.3, -0.25) is 14.4 Å². The summed E-state index contributed by atoms with van der Waals surface area (Å²) in [5.41, 5.74) is 5.83. The van der Waals surface area contributed by atoms with Gasteiger partial charge in [-0.1, -0.05) is 20.3 Å². The lowest BCUT2D eigenvalue weighted by molar-refractivity contribution is -0.144. The minimum atomic E-state index is -1.48. The highest BCUT2D eigenvalue weighted by Crippen LogP contribution is 2.09. The first-order chi connectivity index (χ1) is 13.0. The number of carboxylic acids is 1. The van der Waals surface area contributed by atoms with Crippen LogP contribution in [0.1, 0.15) is 33.6 Å². The number of aliphatic carboxylic acids is 1. The molecule has 0 saturated heterocycles. The Hall–Kier alpha value is -1.85. The van der Waals surface area contributed by atoms with Crippen LogP contribution in [-0.2, 0) is 19.2 Å². The Balaban J connectivity index is 4.84. The first-order valence-electron chi connectivity index (χ1n) is 9.07. The summed E-state index contributed by atoms with van der Waals surface area (Å²) in [5, 5.41) is 25.5. The number of carbonyl (C=O) groups is 4. The van der Waals surface area contributed by atoms with E-state index in [1.807, 2.05) is 13.2 Å². The van der Waals surface area contributed by atoms with E-state index < -0.39 is 54.5 Å². The van der Waals surface area contributed by atoms with Crippen LogP contribution in [0.4, 0.5) is 0 Å². The van der Waals surface area contributed by atoms with Crippen LogP contribution in [0.2, 0.25) is 0 Å². The van der Waals surface area contributed by atoms with Gasteiger partial charge in [0.2, 0.25) is 17.7 Å². The molecule has 7 N–H and O–H groups in total. The molecule has 3 amide bonds. The number of amides is 3. The van der Waals surface area contributed by atoms with Crippen molar-refractivity contribution in [3.8, 4) is 0 Å². The second-order valence-electron chi connectivity index (χ2n) is 6.60. The molecule has 5 atom stereocenters. The molecule has 11 heteroatoms. The van der Waals surface area contributed by atoms with Crippen molar-refractivity contribution >= 4 is 35.5 Å². The maximum Gasteiger partial charge on any atom is 0.328 e. The largest absolute Gasteiger partial charge is 0.480 e. The van der Waals surface area contributed by atoms with Crippen molar-refractivity contribution in [1.29, 1.82) is 0 Å². The molecule has 0 aromatic rings. The van der Waals surface area contributed by atoms with E-state index in [0.717, 1.165) is 0 Å². The fraction of sp³-hybridized carbons (Fsp3) is 0.765. The van der Waals surface area contributed by atoms with E-state index in [4.69, 9.17) is 10.8 Å². The molecule has 0 heterocycles. The second kappa shape index (κ2) is 13.3. The van der Waals surface area contributed by atoms with Crippen LogP contribution in [0.15, 0.2) is 0 Å². The zero-order valence-corrected chi connectivity index (χ0v) is 17.5. The van der Waals surface area contributed by atoms with E-state index in [1.54, 1.807) is 18.7 Å². The topological polar surface area (TPSA) is 171 Å². The molecule has 0 aliphatic carbocycles. The van der Waals surface area contributed by atoms with E-state index in [0.29, 0.717) is 18.6 Å². The van der Waals surface area contributed by atoms with Gasteiger partial charge in [-0.25, -0.2) is 4.79 Å². The van der Waals surface area contributed by atoms with Gasteiger partial charge in [-0.05, 0) is 31.3 Å². The van der Waals surface area contributed by atoms with Crippen LogP contribution in [-0.4, -0.2) is 76.7 Å². The monoisotopic (exact) mass is 420 g/mol. The molecule has 0 radical (unpaired) electrons. The van der Waals surface area contributed by atoms with Gasteiger partial charge < -0.3 is 31.9 Å². The number of thioether (sulfide) groups is 1. The van der Waals surface area contributed by atoms with Crippen molar-refractivity contribution in [2.24, 2.45) is 11.7 Å². The number of nitrogens with one attached hydrogen (secondary N) is 3. The van der Waals surface area contributed by atoms with Gasteiger partial charge >= 0.3 is 5.97 Å². The summed E-state index contributed by atoms with van der Waals surface area (Å²) in [5.74, 6) is -2.67. The summed E-state index contributed by atoms with van der Waals surface area (Å²) in [4.78, 5) is 47.5. The maximum atomic E-state index is 12.5. The van der Waals surface area contributed by atoms with Crippen molar-refractivity contribution in [2.45, 2.75) is 57.8 Å². The third-order valence-electron chi connectivity index (χ3n) is 4.25. The predicted octanol–water partition coefficient (Wildman–Crippen LogP) is -1.34. The number of nitrogens with two attached hydrogens (primary N) is 1. The molecule has 0 spiro atoms. The average molecular weight is 421 g/mol. The zero-order chi connectivity index (χ0) is 21.9. The first-order valence-corrected chi connectivity index (χ1v) is 10.5. The summed E-state index contributed by atoms with van der Waals surface area (Å²) in [6.45, 7) is 4.38. The van der Waals surface area contributed by atoms with Crippen LogP contribution < -0.4 is 21.7 Å². The van der Waals surface area contributed by atoms with Crippen molar-refractivity contribution in [3.05, 3.63) is 0 Å². The van der Waals surface area contributed by atoms with Gasteiger partial charge in [-0.2, -0.15) is 11.8 Å². The fourth-order valence-corrected chi connectivity index (χ4v) is 2.72. The first kappa shape index (κ1) is 26.1. The SMILES string of the molecule is CCC(C)C(NC(=O)C(N)CCSC)C(=O)NCC(=O)NC(C(=O)O)C(C)O. The minimum Gasteiger partial charge on any atom is -0.480 e. The number of carbonyl (C=O) groups excluding carboxylic acids is 3. The van der Waals surface area contributed by atoms with Crippen molar-refractivity contribution in [1.82, 2.24) is 16.0 Å². The van der Waals surface area contributed by atoms with Crippen LogP contribution in [0.25, 0.3) is 0 Å². The van der Waals surface area contributed by atoms with Crippen molar-refractivity contribution in [2.75, 3.05) is 18.6 Å². The Morgan fingerprint density at radius 3 is 2.14 bits per heavy atom. The molecule has 28 heavy (non-hydrogen) atoms. The van der Waals surface area contributed by atoms with Gasteiger partial charge in [0.05, 0.1) is 18.7 Å². The number of aliphatic hydroxyl groups is 1. The lowest BCUT2D eigenvalue weighted by Crippen LogP contribution is -2.56. The molecule has 0 fully saturated rings. The Morgan fingerprint density at radius 2 is 1.68 bits per heavy atom. The number of carboxylic acid groups (broad SMARTS) is 1. The molecule has 0 aromatic carbocycles. The molecular weight excluding hydrogens is 388 g/mol. The highest BCUT2D eigenvalue weighted by atomic mass is 32.2. The molecular formula is C17H32N4O6S. The van der Waals surface area contributed by atoms with Gasteiger partial charge in [0.1, 0.15) is 6.04 Å². The van der Waals surface area contributed by atoms with E-state index in [1.165, 1.54) is 6.92 Å². The van der Waals surface area contributed by atoms with E-state index in [2.05, 4.69) is 16.0 Å². The quantitative estimate of drug-likeness (QED) is 0.213. The molecule has 5 unspecified atom stereocenters. The molecule has 0 rings (SSSR count). The number of hydrogen-bond donors (Lipinski definition) is 6. The summed E-state index contributed by atoms with van der Waals surface area (Å²) >= 11 is 1.56. The standard InChI is InChI=1S/C17H32N4O6S/c1-5-9(2)13(21-15(24)11(18)6-7-28-4)16(25)19-8-12(23)20-14(10(3)22)17(26)27/h9-11,13-14,22H,5-8,18H2,1-4H3,(H,19,25)(H,20,23)(H,21,24)(H,26,27). The number of hydrogen-bond acceptors (Lipinski definition) is 7. The van der Waals surface area contributed by atoms with Crippen molar-refractivity contribution in [3.63, 3.8) is 0 Å². The van der Waals surface area contributed by atoms with Crippen LogP contribution in [0, 0.1) is 5.92 Å². The van der Waals surface area contributed by atoms with Gasteiger partial charge in [0, 0.05) is 0 Å². The van der Waals surface area contributed by atoms with Crippen molar-refractivity contribution < 1.29 is 29.4 Å². The van der Waals surface area contributed by atoms with E-state index in [-0.39, 0.29) is 5.92 Å². The summed E-state index contributed by atoms with van der Waals surface area (Å²) in [6.07, 6.45) is 1.68. The third kappa shape index (κ3) is 9.38. The van der Waals surface area contributed by atoms with Crippen LogP contribution >= 0.6 is 11.8 Å². The van der Waals surface area contributed by atoms with Gasteiger partial charge in [0.25, 0.3) is 0 Å². The molecule has 0 bridgehead atoms. The third-order valence-corrected chi connectivity index (χ3v) is 4.90. The number of rotatable bonds is 13. The lowest BCUT2D eigenvalue weighted by atomic mass is 9.97. The van der Waals surface area contributed by atoms with E-state index in [9.17, 15) is 24.3 Å². The summed E-state index contributed by atoms with van der Waals surface area (Å²) in [7, 11) is 0. The summed E-state index contributed by atoms with van der Waals surface area (Å²) < 4.78 is 0. The highest BCUT2D eigenvalue weighted by molar-refractivity contribution is 7.98. The average Bonchev–Trinajstić information content (AvgIpc) is 2.64. The number of aliphatic hydroxyl groups excluding tert-OH is 1.